The molecule has 0 aliphatic carbocycles. The zero-order chi connectivity index (χ0) is 28.0. The molecule has 1 atom stereocenters. The molecule has 1 unspecified atom stereocenters. The summed E-state index contributed by atoms with van der Waals surface area (Å²) in [6, 6.07) is 6.19. The SMILES string of the molecule is CCS(=O)(=O)c1ccc(OC(C)C(F)(F)F)c(C(=O)N2Cc3cn(-c4ccc(F)c(C(F)F)c4)nc3C2)c1. The second-order valence-electron chi connectivity index (χ2n) is 8.58. The van der Waals surface area contributed by atoms with Gasteiger partial charge in [0.1, 0.15) is 11.6 Å². The van der Waals surface area contributed by atoms with E-state index in [0.717, 1.165) is 37.3 Å². The third-order valence-electron chi connectivity index (χ3n) is 6.03. The summed E-state index contributed by atoms with van der Waals surface area (Å²) in [5, 5.41) is 4.27. The van der Waals surface area contributed by atoms with Gasteiger partial charge in [-0.25, -0.2) is 26.3 Å². The van der Waals surface area contributed by atoms with Gasteiger partial charge in [-0.2, -0.15) is 18.3 Å². The van der Waals surface area contributed by atoms with Crippen LogP contribution in [0, 0.1) is 5.82 Å². The molecule has 1 aliphatic rings. The maximum atomic E-state index is 13.6. The molecule has 1 aliphatic heterocycles. The van der Waals surface area contributed by atoms with Crippen molar-refractivity contribution in [3.8, 4) is 11.4 Å². The Balaban J connectivity index is 1.63. The Labute approximate surface area is 213 Å². The number of alkyl halides is 5. The number of ether oxygens (including phenoxy) is 1. The Hall–Kier alpha value is -3.55. The number of halogens is 6. The van der Waals surface area contributed by atoms with E-state index in [1.807, 2.05) is 0 Å². The predicted octanol–water partition coefficient (Wildman–Crippen LogP) is 5.23. The first-order chi connectivity index (χ1) is 17.7. The Morgan fingerprint density at radius 2 is 1.84 bits per heavy atom. The van der Waals surface area contributed by atoms with Crippen LogP contribution in [0.4, 0.5) is 26.3 Å². The molecule has 3 aromatic rings. The average Bonchev–Trinajstić information content (AvgIpc) is 3.43. The summed E-state index contributed by atoms with van der Waals surface area (Å²) in [6.45, 7) is 2.00. The number of fused-ring (bicyclic) bond motifs is 1. The van der Waals surface area contributed by atoms with Crippen molar-refractivity contribution in [1.82, 2.24) is 14.7 Å². The van der Waals surface area contributed by atoms with Crippen LogP contribution in [0.3, 0.4) is 0 Å². The van der Waals surface area contributed by atoms with E-state index in [1.54, 1.807) is 0 Å². The first-order valence-electron chi connectivity index (χ1n) is 11.3. The Bertz CT molecular complexity index is 1460. The summed E-state index contributed by atoms with van der Waals surface area (Å²) < 4.78 is 110. The molecular weight excluding hydrogens is 540 g/mol. The van der Waals surface area contributed by atoms with E-state index >= 15 is 0 Å². The van der Waals surface area contributed by atoms with Crippen LogP contribution in [0.15, 0.2) is 47.5 Å². The van der Waals surface area contributed by atoms with E-state index in [1.165, 1.54) is 28.8 Å². The molecule has 1 amide bonds. The molecule has 204 valence electrons. The van der Waals surface area contributed by atoms with Gasteiger partial charge in [-0.05, 0) is 43.3 Å². The third kappa shape index (κ3) is 5.35. The minimum atomic E-state index is -4.73. The van der Waals surface area contributed by atoms with E-state index in [9.17, 15) is 39.6 Å². The number of nitrogens with zero attached hydrogens (tertiary/aromatic N) is 3. The largest absolute Gasteiger partial charge is 0.480 e. The van der Waals surface area contributed by atoms with Gasteiger partial charge in [0.05, 0.1) is 39.7 Å². The van der Waals surface area contributed by atoms with Crippen LogP contribution in [0.2, 0.25) is 0 Å². The van der Waals surface area contributed by atoms with Crippen LogP contribution < -0.4 is 4.74 Å². The van der Waals surface area contributed by atoms with E-state index in [4.69, 9.17) is 4.74 Å². The number of hydrogen-bond donors (Lipinski definition) is 0. The second-order valence-corrected chi connectivity index (χ2v) is 10.9. The zero-order valence-electron chi connectivity index (χ0n) is 20.0. The fourth-order valence-electron chi connectivity index (χ4n) is 3.84. The highest BCUT2D eigenvalue weighted by Gasteiger charge is 2.39. The summed E-state index contributed by atoms with van der Waals surface area (Å²) in [6.07, 6.45) is -8.57. The van der Waals surface area contributed by atoms with Gasteiger partial charge in [0.2, 0.25) is 0 Å². The van der Waals surface area contributed by atoms with Crippen molar-refractivity contribution in [2.75, 3.05) is 5.75 Å². The molecule has 0 radical (unpaired) electrons. The molecule has 7 nitrogen and oxygen atoms in total. The van der Waals surface area contributed by atoms with Crippen molar-refractivity contribution in [2.45, 2.75) is 50.5 Å². The first-order valence-corrected chi connectivity index (χ1v) is 12.9. The van der Waals surface area contributed by atoms with Crippen molar-refractivity contribution in [1.29, 1.82) is 0 Å². The number of benzene rings is 2. The van der Waals surface area contributed by atoms with Crippen molar-refractivity contribution in [3.05, 3.63) is 70.8 Å². The zero-order valence-corrected chi connectivity index (χ0v) is 20.8. The normalized spacial score (nSPS) is 14.6. The summed E-state index contributed by atoms with van der Waals surface area (Å²) in [4.78, 5) is 14.3. The maximum absolute atomic E-state index is 13.6. The maximum Gasteiger partial charge on any atom is 0.425 e. The number of rotatable bonds is 7. The minimum Gasteiger partial charge on any atom is -0.480 e. The molecule has 2 heterocycles. The second kappa shape index (κ2) is 9.97. The fourth-order valence-corrected chi connectivity index (χ4v) is 4.74. The molecule has 0 fully saturated rings. The topological polar surface area (TPSA) is 81.5 Å². The van der Waals surface area contributed by atoms with Crippen LogP contribution in [-0.2, 0) is 22.9 Å². The van der Waals surface area contributed by atoms with Crippen LogP contribution in [0.5, 0.6) is 5.75 Å². The lowest BCUT2D eigenvalue weighted by Gasteiger charge is -2.22. The van der Waals surface area contributed by atoms with Crippen LogP contribution in [0.25, 0.3) is 5.69 Å². The first kappa shape index (κ1) is 27.5. The van der Waals surface area contributed by atoms with E-state index in [0.29, 0.717) is 11.3 Å². The molecule has 0 spiro atoms. The highest BCUT2D eigenvalue weighted by atomic mass is 32.2. The Morgan fingerprint density at radius 3 is 2.45 bits per heavy atom. The van der Waals surface area contributed by atoms with E-state index in [-0.39, 0.29) is 35.0 Å². The van der Waals surface area contributed by atoms with Crippen LogP contribution >= 0.6 is 0 Å². The number of sulfone groups is 1. The van der Waals surface area contributed by atoms with Gasteiger partial charge in [-0.1, -0.05) is 6.92 Å². The summed E-state index contributed by atoms with van der Waals surface area (Å²) in [5.74, 6) is -2.57. The molecule has 14 heteroatoms. The highest BCUT2D eigenvalue weighted by molar-refractivity contribution is 7.91. The number of carbonyl (C=O) groups excluding carboxylic acids is 1. The Kier molecular flexibility index (Phi) is 7.21. The van der Waals surface area contributed by atoms with Gasteiger partial charge >= 0.3 is 6.18 Å². The number of aromatic nitrogens is 2. The average molecular weight is 562 g/mol. The van der Waals surface area contributed by atoms with E-state index in [2.05, 4.69) is 5.10 Å². The molecule has 0 N–H and O–H groups in total. The highest BCUT2D eigenvalue weighted by Crippen LogP contribution is 2.33. The minimum absolute atomic E-state index is 0.0456. The predicted molar refractivity (Wildman–Crippen MR) is 122 cm³/mol. The summed E-state index contributed by atoms with van der Waals surface area (Å²) in [5.41, 5.74) is -0.0935. The number of carbonyl (C=O) groups is 1. The lowest BCUT2D eigenvalue weighted by Crippen LogP contribution is -2.33. The van der Waals surface area contributed by atoms with Gasteiger partial charge in [0.25, 0.3) is 12.3 Å². The van der Waals surface area contributed by atoms with Crippen LogP contribution in [0.1, 0.15) is 47.5 Å². The number of hydrogen-bond acceptors (Lipinski definition) is 5. The summed E-state index contributed by atoms with van der Waals surface area (Å²) >= 11 is 0. The van der Waals surface area contributed by atoms with Crippen molar-refractivity contribution < 1.29 is 44.3 Å². The van der Waals surface area contributed by atoms with Crippen molar-refractivity contribution in [3.63, 3.8) is 0 Å². The molecule has 0 bridgehead atoms. The van der Waals surface area contributed by atoms with Crippen LogP contribution in [-0.4, -0.2) is 47.0 Å². The summed E-state index contributed by atoms with van der Waals surface area (Å²) in [7, 11) is -3.79. The van der Waals surface area contributed by atoms with E-state index < -0.39 is 51.6 Å². The monoisotopic (exact) mass is 561 g/mol. The van der Waals surface area contributed by atoms with Gasteiger partial charge in [0.15, 0.2) is 15.9 Å². The van der Waals surface area contributed by atoms with Gasteiger partial charge < -0.3 is 9.64 Å². The molecule has 1 aromatic heterocycles. The van der Waals surface area contributed by atoms with Gasteiger partial charge in [-0.15, -0.1) is 0 Å². The smallest absolute Gasteiger partial charge is 0.425 e. The fraction of sp³-hybridized carbons (Fsp3) is 0.333. The molecule has 2 aromatic carbocycles. The lowest BCUT2D eigenvalue weighted by molar-refractivity contribution is -0.189. The number of amides is 1. The molecule has 4 rings (SSSR count). The van der Waals surface area contributed by atoms with Crippen molar-refractivity contribution in [2.24, 2.45) is 0 Å². The third-order valence-corrected chi connectivity index (χ3v) is 7.76. The lowest BCUT2D eigenvalue weighted by atomic mass is 10.1. The van der Waals surface area contributed by atoms with Gasteiger partial charge in [0, 0.05) is 18.3 Å². The van der Waals surface area contributed by atoms with Crippen molar-refractivity contribution >= 4 is 15.7 Å². The molecule has 0 saturated heterocycles. The van der Waals surface area contributed by atoms with Gasteiger partial charge in [-0.3, -0.25) is 4.79 Å². The molecule has 38 heavy (non-hydrogen) atoms. The quantitative estimate of drug-likeness (QED) is 0.369. The molecule has 0 saturated carbocycles. The Morgan fingerprint density at radius 1 is 1.13 bits per heavy atom. The molecular formula is C24H21F6N3O4S. The standard InChI is InChI=1S/C24H21F6N3O4S/c1-3-38(35,36)16-5-7-21(37-13(2)24(28,29)30)18(9-16)23(34)32-10-14-11-33(31-20(14)12-32)15-4-6-19(25)17(8-15)22(26)27/h4-9,11,13,22H,3,10,12H2,1-2H3.